The van der Waals surface area contributed by atoms with Gasteiger partial charge in [-0.3, -0.25) is 4.79 Å². The van der Waals surface area contributed by atoms with Crippen molar-refractivity contribution in [3.05, 3.63) is 0 Å². The summed E-state index contributed by atoms with van der Waals surface area (Å²) in [5.74, 6) is -0.792. The standard InChI is InChI=1S/C15H26N2O4/c1-11(2)15(12(18)19)5-6-16(9-15)13(20)17-7-8-21-10-14(17,3)4/h11H,5-10H2,1-4H3,(H,18,19). The van der Waals surface area contributed by atoms with Crippen LogP contribution < -0.4 is 0 Å². The molecule has 1 atom stereocenters. The fraction of sp³-hybridized carbons (Fsp3) is 0.867. The number of morpholine rings is 1. The molecule has 0 saturated carbocycles. The van der Waals surface area contributed by atoms with Crippen molar-refractivity contribution < 1.29 is 19.4 Å². The minimum absolute atomic E-state index is 0.00509. The topological polar surface area (TPSA) is 70.1 Å². The molecule has 2 aliphatic rings. The maximum absolute atomic E-state index is 12.8. The zero-order valence-corrected chi connectivity index (χ0v) is 13.4. The van der Waals surface area contributed by atoms with E-state index in [-0.39, 0.29) is 17.5 Å². The van der Waals surface area contributed by atoms with Crippen LogP contribution in [0, 0.1) is 11.3 Å². The van der Waals surface area contributed by atoms with E-state index in [1.807, 2.05) is 32.6 Å². The van der Waals surface area contributed by atoms with Crippen LogP contribution in [-0.4, -0.2) is 65.3 Å². The number of amides is 2. The van der Waals surface area contributed by atoms with Gasteiger partial charge in [0.1, 0.15) is 0 Å². The Balaban J connectivity index is 2.13. The summed E-state index contributed by atoms with van der Waals surface area (Å²) in [4.78, 5) is 27.9. The highest BCUT2D eigenvalue weighted by Gasteiger charge is 2.50. The van der Waals surface area contributed by atoms with E-state index in [2.05, 4.69) is 0 Å². The first kappa shape index (κ1) is 16.1. The third-order valence-corrected chi connectivity index (χ3v) is 4.98. The van der Waals surface area contributed by atoms with Crippen LogP contribution in [0.1, 0.15) is 34.1 Å². The van der Waals surface area contributed by atoms with E-state index in [0.29, 0.717) is 39.3 Å². The van der Waals surface area contributed by atoms with Crippen LogP contribution in [-0.2, 0) is 9.53 Å². The zero-order chi connectivity index (χ0) is 15.8. The highest BCUT2D eigenvalue weighted by molar-refractivity contribution is 5.80. The van der Waals surface area contributed by atoms with Crippen molar-refractivity contribution in [3.8, 4) is 0 Å². The van der Waals surface area contributed by atoms with Gasteiger partial charge in [0.2, 0.25) is 0 Å². The first-order valence-corrected chi connectivity index (χ1v) is 7.58. The van der Waals surface area contributed by atoms with E-state index < -0.39 is 11.4 Å². The van der Waals surface area contributed by atoms with Gasteiger partial charge in [-0.05, 0) is 26.2 Å². The van der Waals surface area contributed by atoms with E-state index >= 15 is 0 Å². The van der Waals surface area contributed by atoms with E-state index in [1.54, 1.807) is 4.90 Å². The second kappa shape index (κ2) is 5.48. The quantitative estimate of drug-likeness (QED) is 0.841. The van der Waals surface area contributed by atoms with Crippen LogP contribution in [0.3, 0.4) is 0 Å². The molecule has 2 rings (SSSR count). The molecule has 0 radical (unpaired) electrons. The van der Waals surface area contributed by atoms with Crippen molar-refractivity contribution >= 4 is 12.0 Å². The van der Waals surface area contributed by atoms with Gasteiger partial charge in [0.05, 0.1) is 24.2 Å². The van der Waals surface area contributed by atoms with Crippen molar-refractivity contribution in [3.63, 3.8) is 0 Å². The largest absolute Gasteiger partial charge is 0.481 e. The minimum atomic E-state index is -0.813. The van der Waals surface area contributed by atoms with Crippen LogP contribution in [0.15, 0.2) is 0 Å². The van der Waals surface area contributed by atoms with E-state index in [4.69, 9.17) is 4.74 Å². The molecule has 2 heterocycles. The van der Waals surface area contributed by atoms with E-state index in [1.165, 1.54) is 0 Å². The van der Waals surface area contributed by atoms with Crippen LogP contribution in [0.5, 0.6) is 0 Å². The maximum atomic E-state index is 12.8. The number of nitrogens with zero attached hydrogens (tertiary/aromatic N) is 2. The Hall–Kier alpha value is -1.30. The van der Waals surface area contributed by atoms with Gasteiger partial charge in [0.25, 0.3) is 0 Å². The Morgan fingerprint density at radius 1 is 1.24 bits per heavy atom. The van der Waals surface area contributed by atoms with Gasteiger partial charge in [-0.2, -0.15) is 0 Å². The normalized spacial score (nSPS) is 29.0. The molecular weight excluding hydrogens is 272 g/mol. The molecule has 120 valence electrons. The number of urea groups is 1. The van der Waals surface area contributed by atoms with Gasteiger partial charge >= 0.3 is 12.0 Å². The molecule has 2 saturated heterocycles. The summed E-state index contributed by atoms with van der Waals surface area (Å²) < 4.78 is 5.44. The SMILES string of the molecule is CC(C)C1(C(=O)O)CCN(C(=O)N2CCOCC2(C)C)C1. The molecule has 2 amide bonds. The van der Waals surface area contributed by atoms with Crippen LogP contribution in [0.2, 0.25) is 0 Å². The monoisotopic (exact) mass is 298 g/mol. The first-order chi connectivity index (χ1) is 9.70. The molecule has 1 N–H and O–H groups in total. The molecule has 0 aromatic rings. The molecule has 2 aliphatic heterocycles. The van der Waals surface area contributed by atoms with Crippen molar-refractivity contribution in [1.82, 2.24) is 9.80 Å². The molecule has 0 aromatic heterocycles. The van der Waals surface area contributed by atoms with Crippen LogP contribution in [0.25, 0.3) is 0 Å². The first-order valence-electron chi connectivity index (χ1n) is 7.58. The Labute approximate surface area is 126 Å². The number of rotatable bonds is 2. The van der Waals surface area contributed by atoms with Gasteiger partial charge in [-0.1, -0.05) is 13.8 Å². The Bertz CT molecular complexity index is 435. The third-order valence-electron chi connectivity index (χ3n) is 4.98. The molecule has 6 heteroatoms. The van der Waals surface area contributed by atoms with Gasteiger partial charge in [-0.15, -0.1) is 0 Å². The van der Waals surface area contributed by atoms with Crippen molar-refractivity contribution in [2.24, 2.45) is 11.3 Å². The lowest BCUT2D eigenvalue weighted by atomic mass is 9.76. The smallest absolute Gasteiger partial charge is 0.320 e. The number of aliphatic carboxylic acids is 1. The maximum Gasteiger partial charge on any atom is 0.320 e. The fourth-order valence-corrected chi connectivity index (χ4v) is 3.27. The predicted octanol–water partition coefficient (Wildman–Crippen LogP) is 1.65. The zero-order valence-electron chi connectivity index (χ0n) is 13.4. The summed E-state index contributed by atoms with van der Waals surface area (Å²) in [5, 5.41) is 9.58. The average Bonchev–Trinajstić information content (AvgIpc) is 2.84. The lowest BCUT2D eigenvalue weighted by Crippen LogP contribution is -2.59. The highest BCUT2D eigenvalue weighted by Crippen LogP contribution is 2.39. The van der Waals surface area contributed by atoms with Crippen molar-refractivity contribution in [1.29, 1.82) is 0 Å². The molecule has 0 aliphatic carbocycles. The second-order valence-corrected chi connectivity index (χ2v) is 7.09. The average molecular weight is 298 g/mol. The van der Waals surface area contributed by atoms with E-state index in [0.717, 1.165) is 0 Å². The number of likely N-dealkylation sites (tertiary alicyclic amines) is 1. The Kier molecular flexibility index (Phi) is 4.19. The van der Waals surface area contributed by atoms with Crippen molar-refractivity contribution in [2.45, 2.75) is 39.7 Å². The number of hydrogen-bond acceptors (Lipinski definition) is 3. The lowest BCUT2D eigenvalue weighted by Gasteiger charge is -2.43. The summed E-state index contributed by atoms with van der Waals surface area (Å²) in [7, 11) is 0. The lowest BCUT2D eigenvalue weighted by molar-refractivity contribution is -0.150. The summed E-state index contributed by atoms with van der Waals surface area (Å²) in [5.41, 5.74) is -1.16. The summed E-state index contributed by atoms with van der Waals surface area (Å²) >= 11 is 0. The van der Waals surface area contributed by atoms with Crippen LogP contribution in [0.4, 0.5) is 4.79 Å². The molecular formula is C15H26N2O4. The highest BCUT2D eigenvalue weighted by atomic mass is 16.5. The number of carbonyl (C=O) groups is 2. The molecule has 0 bridgehead atoms. The Morgan fingerprint density at radius 2 is 1.90 bits per heavy atom. The summed E-state index contributed by atoms with van der Waals surface area (Å²) in [6.45, 7) is 10.2. The number of ether oxygens (including phenoxy) is 1. The number of hydrogen-bond donors (Lipinski definition) is 1. The third kappa shape index (κ3) is 2.73. The van der Waals surface area contributed by atoms with E-state index in [9.17, 15) is 14.7 Å². The number of carboxylic acid groups (broad SMARTS) is 1. The molecule has 1 unspecified atom stereocenters. The summed E-state index contributed by atoms with van der Waals surface area (Å²) in [6.07, 6.45) is 0.524. The minimum Gasteiger partial charge on any atom is -0.481 e. The molecule has 21 heavy (non-hydrogen) atoms. The molecule has 0 aromatic carbocycles. The van der Waals surface area contributed by atoms with Gasteiger partial charge in [0.15, 0.2) is 0 Å². The summed E-state index contributed by atoms with van der Waals surface area (Å²) in [6, 6.07) is -0.0629. The fourth-order valence-electron chi connectivity index (χ4n) is 3.27. The van der Waals surface area contributed by atoms with Crippen molar-refractivity contribution in [2.75, 3.05) is 32.8 Å². The number of carbonyl (C=O) groups excluding carboxylic acids is 1. The van der Waals surface area contributed by atoms with Gasteiger partial charge in [0, 0.05) is 19.6 Å². The molecule has 0 spiro atoms. The van der Waals surface area contributed by atoms with Gasteiger partial charge < -0.3 is 19.6 Å². The van der Waals surface area contributed by atoms with Gasteiger partial charge in [-0.25, -0.2) is 4.79 Å². The van der Waals surface area contributed by atoms with Crippen LogP contribution >= 0.6 is 0 Å². The molecule has 6 nitrogen and oxygen atoms in total. The molecule has 2 fully saturated rings. The Morgan fingerprint density at radius 3 is 2.38 bits per heavy atom. The second-order valence-electron chi connectivity index (χ2n) is 7.09. The number of carboxylic acids is 1. The predicted molar refractivity (Wildman–Crippen MR) is 78.1 cm³/mol.